The predicted molar refractivity (Wildman–Crippen MR) is 108 cm³/mol. The molecule has 5 rings (SSSR count). The van der Waals surface area contributed by atoms with E-state index >= 15 is 0 Å². The molecule has 2 fully saturated rings. The zero-order chi connectivity index (χ0) is 18.9. The Kier molecular flexibility index (Phi) is 4.44. The molecule has 9 nitrogen and oxygen atoms in total. The Morgan fingerprint density at radius 2 is 2.04 bits per heavy atom. The SMILES string of the molecule is Cc1cc2ncnc(N3CCC(Nc4nccc(N5CCOCC5)n4)C3)c2[nH]1. The van der Waals surface area contributed by atoms with Crippen molar-refractivity contribution in [3.8, 4) is 0 Å². The Labute approximate surface area is 163 Å². The molecule has 0 radical (unpaired) electrons. The monoisotopic (exact) mass is 380 g/mol. The van der Waals surface area contributed by atoms with Crippen molar-refractivity contribution in [2.75, 3.05) is 54.5 Å². The van der Waals surface area contributed by atoms with Crippen molar-refractivity contribution in [2.24, 2.45) is 0 Å². The topological polar surface area (TPSA) is 95.1 Å². The molecule has 0 saturated carbocycles. The van der Waals surface area contributed by atoms with Gasteiger partial charge in [-0.2, -0.15) is 4.98 Å². The maximum Gasteiger partial charge on any atom is 0.224 e. The highest BCUT2D eigenvalue weighted by Crippen LogP contribution is 2.26. The number of morpholine rings is 1. The fourth-order valence-corrected chi connectivity index (χ4v) is 3.94. The molecular weight excluding hydrogens is 356 g/mol. The zero-order valence-electron chi connectivity index (χ0n) is 15.9. The Hall–Kier alpha value is -2.94. The second kappa shape index (κ2) is 7.23. The van der Waals surface area contributed by atoms with Crippen LogP contribution in [0.2, 0.25) is 0 Å². The summed E-state index contributed by atoms with van der Waals surface area (Å²) in [4.78, 5) is 25.9. The van der Waals surface area contributed by atoms with Crippen molar-refractivity contribution in [3.05, 3.63) is 30.4 Å². The maximum absolute atomic E-state index is 5.43. The number of nitrogens with one attached hydrogen (secondary N) is 2. The molecule has 28 heavy (non-hydrogen) atoms. The molecule has 0 amide bonds. The summed E-state index contributed by atoms with van der Waals surface area (Å²) < 4.78 is 5.43. The van der Waals surface area contributed by atoms with Crippen molar-refractivity contribution in [3.63, 3.8) is 0 Å². The lowest BCUT2D eigenvalue weighted by Gasteiger charge is -2.28. The molecule has 9 heteroatoms. The number of hydrogen-bond donors (Lipinski definition) is 2. The predicted octanol–water partition coefficient (Wildman–Crippen LogP) is 1.58. The van der Waals surface area contributed by atoms with Crippen molar-refractivity contribution >= 4 is 28.6 Å². The van der Waals surface area contributed by atoms with Crippen LogP contribution in [0.4, 0.5) is 17.6 Å². The lowest BCUT2D eigenvalue weighted by molar-refractivity contribution is 0.122. The number of aryl methyl sites for hydroxylation is 1. The minimum absolute atomic E-state index is 0.279. The van der Waals surface area contributed by atoms with Crippen molar-refractivity contribution in [2.45, 2.75) is 19.4 Å². The number of anilines is 3. The first kappa shape index (κ1) is 17.2. The summed E-state index contributed by atoms with van der Waals surface area (Å²) in [6, 6.07) is 4.29. The van der Waals surface area contributed by atoms with Crippen LogP contribution in [-0.4, -0.2) is 70.4 Å². The van der Waals surface area contributed by atoms with Gasteiger partial charge in [0.05, 0.1) is 18.7 Å². The van der Waals surface area contributed by atoms with E-state index in [0.717, 1.165) is 74.2 Å². The number of aromatic amines is 1. The average molecular weight is 380 g/mol. The molecule has 5 heterocycles. The summed E-state index contributed by atoms with van der Waals surface area (Å²) in [7, 11) is 0. The number of ether oxygens (including phenoxy) is 1. The lowest BCUT2D eigenvalue weighted by atomic mass is 10.3. The summed E-state index contributed by atoms with van der Waals surface area (Å²) in [5, 5.41) is 3.50. The van der Waals surface area contributed by atoms with E-state index in [4.69, 9.17) is 9.72 Å². The highest BCUT2D eigenvalue weighted by molar-refractivity contribution is 5.86. The number of nitrogens with zero attached hydrogens (tertiary/aromatic N) is 6. The minimum atomic E-state index is 0.279. The zero-order valence-corrected chi connectivity index (χ0v) is 15.9. The highest BCUT2D eigenvalue weighted by Gasteiger charge is 2.26. The van der Waals surface area contributed by atoms with Crippen LogP contribution in [0.15, 0.2) is 24.7 Å². The van der Waals surface area contributed by atoms with Gasteiger partial charge in [-0.25, -0.2) is 15.0 Å². The Morgan fingerprint density at radius 1 is 1.14 bits per heavy atom. The van der Waals surface area contributed by atoms with E-state index in [0.29, 0.717) is 5.95 Å². The molecule has 2 aliphatic heterocycles. The number of rotatable bonds is 4. The molecule has 1 unspecified atom stereocenters. The number of hydrogen-bond acceptors (Lipinski definition) is 8. The van der Waals surface area contributed by atoms with Crippen LogP contribution < -0.4 is 15.1 Å². The standard InChI is InChI=1S/C19H24N8O/c1-13-10-15-17(23-13)18(22-12-21-15)27-5-3-14(11-27)24-19-20-4-2-16(25-19)26-6-8-28-9-7-26/h2,4,10,12,14,23H,3,5-9,11H2,1H3,(H,20,24,25). The Balaban J connectivity index is 1.29. The van der Waals surface area contributed by atoms with Crippen LogP contribution in [0.25, 0.3) is 11.0 Å². The van der Waals surface area contributed by atoms with Gasteiger partial charge in [0.2, 0.25) is 5.95 Å². The summed E-state index contributed by atoms with van der Waals surface area (Å²) in [5.74, 6) is 2.60. The molecule has 0 bridgehead atoms. The van der Waals surface area contributed by atoms with E-state index < -0.39 is 0 Å². The van der Waals surface area contributed by atoms with Gasteiger partial charge in [-0.15, -0.1) is 0 Å². The smallest absolute Gasteiger partial charge is 0.224 e. The Bertz CT molecular complexity index is 967. The average Bonchev–Trinajstić information content (AvgIpc) is 3.34. The molecule has 0 aromatic carbocycles. The van der Waals surface area contributed by atoms with Crippen molar-refractivity contribution in [1.29, 1.82) is 0 Å². The van der Waals surface area contributed by atoms with E-state index in [-0.39, 0.29) is 6.04 Å². The van der Waals surface area contributed by atoms with E-state index in [2.05, 4.69) is 41.1 Å². The molecule has 3 aromatic heterocycles. The third-order valence-corrected chi connectivity index (χ3v) is 5.33. The van der Waals surface area contributed by atoms with Gasteiger partial charge in [0.1, 0.15) is 17.7 Å². The maximum atomic E-state index is 5.43. The summed E-state index contributed by atoms with van der Waals surface area (Å²) >= 11 is 0. The van der Waals surface area contributed by atoms with E-state index in [1.54, 1.807) is 6.33 Å². The van der Waals surface area contributed by atoms with Gasteiger partial charge in [0, 0.05) is 44.1 Å². The molecule has 1 atom stereocenters. The third-order valence-electron chi connectivity index (χ3n) is 5.33. The van der Waals surface area contributed by atoms with Crippen LogP contribution in [0.3, 0.4) is 0 Å². The van der Waals surface area contributed by atoms with Crippen molar-refractivity contribution in [1.82, 2.24) is 24.9 Å². The van der Waals surface area contributed by atoms with Crippen LogP contribution in [0.5, 0.6) is 0 Å². The van der Waals surface area contributed by atoms with Crippen molar-refractivity contribution < 1.29 is 4.74 Å². The summed E-state index contributed by atoms with van der Waals surface area (Å²) in [5.41, 5.74) is 3.06. The number of aromatic nitrogens is 5. The molecule has 3 aromatic rings. The minimum Gasteiger partial charge on any atom is -0.378 e. The number of fused-ring (bicyclic) bond motifs is 1. The molecule has 0 spiro atoms. The molecule has 2 aliphatic rings. The van der Waals surface area contributed by atoms with Gasteiger partial charge in [-0.1, -0.05) is 0 Å². The second-order valence-electron chi connectivity index (χ2n) is 7.32. The third kappa shape index (κ3) is 3.33. The molecule has 2 saturated heterocycles. The van der Waals surface area contributed by atoms with Crippen LogP contribution in [-0.2, 0) is 4.74 Å². The fraction of sp³-hybridized carbons (Fsp3) is 0.474. The fourth-order valence-electron chi connectivity index (χ4n) is 3.94. The van der Waals surface area contributed by atoms with E-state index in [9.17, 15) is 0 Å². The normalized spacial score (nSPS) is 20.1. The van der Waals surface area contributed by atoms with Gasteiger partial charge < -0.3 is 24.8 Å². The largest absolute Gasteiger partial charge is 0.378 e. The van der Waals surface area contributed by atoms with Gasteiger partial charge in [0.15, 0.2) is 5.82 Å². The first-order chi connectivity index (χ1) is 13.8. The van der Waals surface area contributed by atoms with Gasteiger partial charge >= 0.3 is 0 Å². The van der Waals surface area contributed by atoms with Crippen LogP contribution >= 0.6 is 0 Å². The first-order valence-electron chi connectivity index (χ1n) is 9.74. The lowest BCUT2D eigenvalue weighted by Crippen LogP contribution is -2.37. The Morgan fingerprint density at radius 3 is 2.93 bits per heavy atom. The van der Waals surface area contributed by atoms with Crippen LogP contribution in [0.1, 0.15) is 12.1 Å². The van der Waals surface area contributed by atoms with Crippen LogP contribution in [0, 0.1) is 6.92 Å². The van der Waals surface area contributed by atoms with Gasteiger partial charge in [0.25, 0.3) is 0 Å². The highest BCUT2D eigenvalue weighted by atomic mass is 16.5. The quantitative estimate of drug-likeness (QED) is 0.705. The second-order valence-corrected chi connectivity index (χ2v) is 7.32. The summed E-state index contributed by atoms with van der Waals surface area (Å²) in [6.45, 7) is 7.06. The first-order valence-corrected chi connectivity index (χ1v) is 9.74. The molecule has 0 aliphatic carbocycles. The molecular formula is C19H24N8O. The molecule has 2 N–H and O–H groups in total. The number of H-pyrrole nitrogens is 1. The van der Waals surface area contributed by atoms with Gasteiger partial charge in [-0.3, -0.25) is 0 Å². The van der Waals surface area contributed by atoms with E-state index in [1.165, 1.54) is 0 Å². The van der Waals surface area contributed by atoms with Gasteiger partial charge in [-0.05, 0) is 25.5 Å². The summed E-state index contributed by atoms with van der Waals surface area (Å²) in [6.07, 6.45) is 4.47. The molecule has 146 valence electrons. The van der Waals surface area contributed by atoms with E-state index in [1.807, 2.05) is 19.2 Å².